The van der Waals surface area contributed by atoms with Gasteiger partial charge in [-0.05, 0) is 36.1 Å². The second kappa shape index (κ2) is 5.94. The van der Waals surface area contributed by atoms with E-state index in [1.807, 2.05) is 6.07 Å². The monoisotopic (exact) mass is 359 g/mol. The number of hydrogen-bond donors (Lipinski definition) is 0. The zero-order valence-electron chi connectivity index (χ0n) is 12.3. The molecule has 2 aromatic rings. The molecule has 0 aromatic heterocycles. The van der Waals surface area contributed by atoms with Crippen molar-refractivity contribution in [2.45, 2.75) is 32.0 Å². The third-order valence-corrected chi connectivity index (χ3v) is 4.95. The van der Waals surface area contributed by atoms with Gasteiger partial charge >= 0.3 is 0 Å². The van der Waals surface area contributed by atoms with Gasteiger partial charge in [-0.25, -0.2) is 0 Å². The average molecular weight is 360 g/mol. The van der Waals surface area contributed by atoms with Crippen molar-refractivity contribution in [1.82, 2.24) is 4.90 Å². The molecule has 114 valence electrons. The second-order valence-corrected chi connectivity index (χ2v) is 6.77. The lowest BCUT2D eigenvalue weighted by Crippen LogP contribution is -2.25. The molecule has 22 heavy (non-hydrogen) atoms. The largest absolute Gasteiger partial charge is 0.454 e. The second-order valence-electron chi connectivity index (χ2n) is 5.92. The van der Waals surface area contributed by atoms with Gasteiger partial charge in [0, 0.05) is 23.6 Å². The van der Waals surface area contributed by atoms with Gasteiger partial charge in [0.1, 0.15) is 0 Å². The van der Waals surface area contributed by atoms with Crippen molar-refractivity contribution >= 4 is 15.9 Å². The van der Waals surface area contributed by atoms with Crippen molar-refractivity contribution in [3.05, 3.63) is 58.1 Å². The minimum absolute atomic E-state index is 0.321. The van der Waals surface area contributed by atoms with E-state index in [9.17, 15) is 0 Å². The van der Waals surface area contributed by atoms with Crippen molar-refractivity contribution in [2.24, 2.45) is 0 Å². The number of hydrogen-bond acceptors (Lipinski definition) is 3. The summed E-state index contributed by atoms with van der Waals surface area (Å²) in [5.41, 5.74) is 2.62. The highest BCUT2D eigenvalue weighted by Gasteiger charge is 2.29. The van der Waals surface area contributed by atoms with E-state index in [-0.39, 0.29) is 0 Å². The van der Waals surface area contributed by atoms with Crippen molar-refractivity contribution in [3.8, 4) is 11.5 Å². The Morgan fingerprint density at radius 2 is 1.73 bits per heavy atom. The number of fused-ring (bicyclic) bond motifs is 1. The summed E-state index contributed by atoms with van der Waals surface area (Å²) < 4.78 is 12.0. The summed E-state index contributed by atoms with van der Waals surface area (Å²) in [7, 11) is 0. The van der Waals surface area contributed by atoms with E-state index in [4.69, 9.17) is 9.47 Å². The molecule has 0 amide bonds. The molecule has 0 unspecified atom stereocenters. The third kappa shape index (κ3) is 2.99. The van der Waals surface area contributed by atoms with Crippen LogP contribution in [0.4, 0.5) is 0 Å². The quantitative estimate of drug-likeness (QED) is 0.792. The summed E-state index contributed by atoms with van der Waals surface area (Å²) >= 11 is 3.67. The first-order valence-electron chi connectivity index (χ1n) is 7.65. The highest BCUT2D eigenvalue weighted by atomic mass is 79.9. The lowest BCUT2D eigenvalue weighted by molar-refractivity contribution is 0.174. The Bertz CT molecular complexity index is 670. The van der Waals surface area contributed by atoms with Crippen LogP contribution in [0.5, 0.6) is 11.5 Å². The normalized spacial score (nSPS) is 16.3. The molecule has 0 radical (unpaired) electrons. The summed E-state index contributed by atoms with van der Waals surface area (Å²) in [6.45, 7) is 2.24. The lowest BCUT2D eigenvalue weighted by atomic mass is 10.1. The van der Waals surface area contributed by atoms with Crippen LogP contribution in [-0.2, 0) is 13.1 Å². The maximum absolute atomic E-state index is 5.51. The predicted molar refractivity (Wildman–Crippen MR) is 89.0 cm³/mol. The number of halogens is 1. The molecule has 0 saturated heterocycles. The average Bonchev–Trinajstić information content (AvgIpc) is 3.28. The van der Waals surface area contributed by atoms with E-state index in [1.54, 1.807) is 0 Å². The zero-order valence-corrected chi connectivity index (χ0v) is 13.9. The van der Waals surface area contributed by atoms with Gasteiger partial charge in [0.25, 0.3) is 0 Å². The molecule has 1 fully saturated rings. The van der Waals surface area contributed by atoms with E-state index in [0.717, 1.165) is 29.1 Å². The molecule has 2 aliphatic rings. The molecule has 1 heterocycles. The van der Waals surface area contributed by atoms with Crippen molar-refractivity contribution in [2.75, 3.05) is 6.79 Å². The molecule has 0 spiro atoms. The number of nitrogens with zero attached hydrogens (tertiary/aromatic N) is 1. The Kier molecular flexibility index (Phi) is 3.80. The summed E-state index contributed by atoms with van der Waals surface area (Å²) in [6.07, 6.45) is 2.60. The molecular formula is C18H18BrNO2. The standard InChI is InChI=1S/C18H18BrNO2/c19-16-9-18-17(21-12-22-18)8-14(16)11-20(15-6-7-15)10-13-4-2-1-3-5-13/h1-5,8-9,15H,6-7,10-12H2. The molecule has 1 saturated carbocycles. The van der Waals surface area contributed by atoms with Gasteiger partial charge in [0.15, 0.2) is 11.5 Å². The fourth-order valence-corrected chi connectivity index (χ4v) is 3.32. The SMILES string of the molecule is Brc1cc2c(cc1CN(Cc1ccccc1)C1CC1)OCO2. The van der Waals surface area contributed by atoms with Gasteiger partial charge < -0.3 is 9.47 Å². The van der Waals surface area contributed by atoms with Crippen LogP contribution in [0, 0.1) is 0 Å². The van der Waals surface area contributed by atoms with E-state index in [2.05, 4.69) is 57.2 Å². The Balaban J connectivity index is 1.55. The van der Waals surface area contributed by atoms with E-state index in [1.165, 1.54) is 24.0 Å². The molecule has 0 bridgehead atoms. The van der Waals surface area contributed by atoms with Crippen LogP contribution in [0.2, 0.25) is 0 Å². The Labute approximate surface area is 139 Å². The van der Waals surface area contributed by atoms with Crippen molar-refractivity contribution < 1.29 is 9.47 Å². The highest BCUT2D eigenvalue weighted by Crippen LogP contribution is 2.38. The number of ether oxygens (including phenoxy) is 2. The first-order chi connectivity index (χ1) is 10.8. The van der Waals surface area contributed by atoms with Crippen LogP contribution in [0.3, 0.4) is 0 Å². The van der Waals surface area contributed by atoms with Crippen LogP contribution in [0.25, 0.3) is 0 Å². The lowest BCUT2D eigenvalue weighted by Gasteiger charge is -2.23. The zero-order chi connectivity index (χ0) is 14.9. The molecule has 1 aliphatic heterocycles. The first-order valence-corrected chi connectivity index (χ1v) is 8.45. The molecule has 1 aliphatic carbocycles. The van der Waals surface area contributed by atoms with Crippen LogP contribution >= 0.6 is 15.9 Å². The van der Waals surface area contributed by atoms with Gasteiger partial charge in [0.05, 0.1) is 0 Å². The Morgan fingerprint density at radius 1 is 1.00 bits per heavy atom. The summed E-state index contributed by atoms with van der Waals surface area (Å²) in [6, 6.07) is 15.5. The third-order valence-electron chi connectivity index (χ3n) is 4.21. The fraction of sp³-hybridized carbons (Fsp3) is 0.333. The van der Waals surface area contributed by atoms with Crippen LogP contribution in [0.15, 0.2) is 46.9 Å². The summed E-state index contributed by atoms with van der Waals surface area (Å²) in [4.78, 5) is 2.55. The minimum atomic E-state index is 0.321. The van der Waals surface area contributed by atoms with E-state index >= 15 is 0 Å². The minimum Gasteiger partial charge on any atom is -0.454 e. The molecule has 3 nitrogen and oxygen atoms in total. The summed E-state index contributed by atoms with van der Waals surface area (Å²) in [5.74, 6) is 1.69. The van der Waals surface area contributed by atoms with Gasteiger partial charge in [-0.3, -0.25) is 4.90 Å². The topological polar surface area (TPSA) is 21.7 Å². The molecule has 4 heteroatoms. The fourth-order valence-electron chi connectivity index (χ4n) is 2.87. The van der Waals surface area contributed by atoms with Crippen LogP contribution in [-0.4, -0.2) is 17.7 Å². The van der Waals surface area contributed by atoms with Gasteiger partial charge in [0.2, 0.25) is 6.79 Å². The Morgan fingerprint density at radius 3 is 2.45 bits per heavy atom. The molecule has 4 rings (SSSR count). The molecule has 0 N–H and O–H groups in total. The van der Waals surface area contributed by atoms with Crippen LogP contribution < -0.4 is 9.47 Å². The molecule has 0 atom stereocenters. The van der Waals surface area contributed by atoms with Crippen molar-refractivity contribution in [3.63, 3.8) is 0 Å². The first kappa shape index (κ1) is 14.1. The number of benzene rings is 2. The maximum Gasteiger partial charge on any atom is 0.231 e. The van der Waals surface area contributed by atoms with Gasteiger partial charge in [-0.1, -0.05) is 46.3 Å². The summed E-state index contributed by atoms with van der Waals surface area (Å²) in [5, 5.41) is 0. The Hall–Kier alpha value is -1.52. The smallest absolute Gasteiger partial charge is 0.231 e. The molecular weight excluding hydrogens is 342 g/mol. The number of rotatable bonds is 5. The maximum atomic E-state index is 5.51. The highest BCUT2D eigenvalue weighted by molar-refractivity contribution is 9.10. The molecule has 2 aromatic carbocycles. The van der Waals surface area contributed by atoms with Crippen molar-refractivity contribution in [1.29, 1.82) is 0 Å². The van der Waals surface area contributed by atoms with Gasteiger partial charge in [-0.2, -0.15) is 0 Å². The van der Waals surface area contributed by atoms with Gasteiger partial charge in [-0.15, -0.1) is 0 Å². The predicted octanol–water partition coefficient (Wildman–Crippen LogP) is 4.34. The van der Waals surface area contributed by atoms with E-state index in [0.29, 0.717) is 12.8 Å². The van der Waals surface area contributed by atoms with Crippen LogP contribution in [0.1, 0.15) is 24.0 Å². The van der Waals surface area contributed by atoms with E-state index < -0.39 is 0 Å².